The van der Waals surface area contributed by atoms with Gasteiger partial charge in [0.1, 0.15) is 10.6 Å². The van der Waals surface area contributed by atoms with Crippen LogP contribution in [0.3, 0.4) is 0 Å². The highest BCUT2D eigenvalue weighted by molar-refractivity contribution is 7.18. The van der Waals surface area contributed by atoms with Crippen LogP contribution in [0.4, 0.5) is 5.13 Å². The van der Waals surface area contributed by atoms with Crippen molar-refractivity contribution in [3.8, 4) is 0 Å². The average molecular weight is 368 g/mol. The second-order valence-corrected chi connectivity index (χ2v) is 6.76. The molecule has 1 aromatic heterocycles. The van der Waals surface area contributed by atoms with Crippen LogP contribution in [0, 0.1) is 0 Å². The molecule has 0 unspecified atom stereocenters. The summed E-state index contributed by atoms with van der Waals surface area (Å²) in [6.45, 7) is 0. The standard InChI is InChI=1S/C18H10ClN3O2S/c19-11-7-5-10(6-8-11)9-20-22-18-21-14-15(23)12-3-1-2-4-13(12)16(24)17(14)25-18/h1-9H,(H,21,22)/b20-9+. The Labute approximate surface area is 152 Å². The molecule has 2 aromatic carbocycles. The lowest BCUT2D eigenvalue weighted by atomic mass is 9.91. The highest BCUT2D eigenvalue weighted by Crippen LogP contribution is 2.32. The number of hydrogen-bond acceptors (Lipinski definition) is 6. The molecule has 4 rings (SSSR count). The number of fused-ring (bicyclic) bond motifs is 2. The fourth-order valence-electron chi connectivity index (χ4n) is 2.52. The van der Waals surface area contributed by atoms with E-state index in [9.17, 15) is 9.59 Å². The highest BCUT2D eigenvalue weighted by Gasteiger charge is 2.33. The quantitative estimate of drug-likeness (QED) is 0.438. The molecule has 0 saturated carbocycles. The van der Waals surface area contributed by atoms with Gasteiger partial charge in [-0.05, 0) is 17.7 Å². The Bertz CT molecular complexity index is 973. The van der Waals surface area contributed by atoms with Crippen LogP contribution >= 0.6 is 22.9 Å². The van der Waals surface area contributed by atoms with Gasteiger partial charge in [0.2, 0.25) is 16.7 Å². The van der Waals surface area contributed by atoms with Crippen LogP contribution < -0.4 is 5.43 Å². The minimum absolute atomic E-state index is 0.179. The molecule has 1 heterocycles. The van der Waals surface area contributed by atoms with E-state index in [1.807, 2.05) is 12.1 Å². The maximum atomic E-state index is 12.5. The number of nitrogens with zero attached hydrogens (tertiary/aromatic N) is 2. The summed E-state index contributed by atoms with van der Waals surface area (Å²) in [7, 11) is 0. The lowest BCUT2D eigenvalue weighted by Gasteiger charge is -2.11. The first-order valence-corrected chi connectivity index (χ1v) is 8.57. The molecule has 3 aromatic rings. The van der Waals surface area contributed by atoms with E-state index in [-0.39, 0.29) is 17.3 Å². The van der Waals surface area contributed by atoms with Crippen molar-refractivity contribution in [2.45, 2.75) is 0 Å². The number of halogens is 1. The van der Waals surface area contributed by atoms with E-state index in [0.29, 0.717) is 26.2 Å². The van der Waals surface area contributed by atoms with Crippen molar-refractivity contribution in [2.75, 3.05) is 5.43 Å². The van der Waals surface area contributed by atoms with Crippen LogP contribution in [0.1, 0.15) is 36.9 Å². The molecule has 0 spiro atoms. The number of hydrogen-bond donors (Lipinski definition) is 1. The van der Waals surface area contributed by atoms with Crippen LogP contribution in [0.25, 0.3) is 0 Å². The van der Waals surface area contributed by atoms with Gasteiger partial charge in [0, 0.05) is 16.1 Å². The van der Waals surface area contributed by atoms with E-state index in [1.165, 1.54) is 0 Å². The minimum Gasteiger partial charge on any atom is -0.288 e. The Balaban J connectivity index is 1.59. The van der Waals surface area contributed by atoms with Gasteiger partial charge in [0.25, 0.3) is 0 Å². The summed E-state index contributed by atoms with van der Waals surface area (Å²) >= 11 is 6.95. The molecule has 0 saturated heterocycles. The third kappa shape index (κ3) is 2.86. The normalized spacial score (nSPS) is 13.0. The van der Waals surface area contributed by atoms with Crippen molar-refractivity contribution < 1.29 is 9.59 Å². The van der Waals surface area contributed by atoms with Gasteiger partial charge in [0.05, 0.1) is 6.21 Å². The molecule has 1 N–H and O–H groups in total. The average Bonchev–Trinajstić information content (AvgIpc) is 3.06. The van der Waals surface area contributed by atoms with Crippen LogP contribution in [0.2, 0.25) is 5.02 Å². The maximum Gasteiger partial charge on any atom is 0.213 e. The fourth-order valence-corrected chi connectivity index (χ4v) is 3.51. The first kappa shape index (κ1) is 15.7. The number of anilines is 1. The number of hydrazone groups is 1. The molecule has 122 valence electrons. The van der Waals surface area contributed by atoms with E-state index in [2.05, 4.69) is 15.5 Å². The number of benzene rings is 2. The number of nitrogens with one attached hydrogen (secondary N) is 1. The van der Waals surface area contributed by atoms with Gasteiger partial charge in [-0.15, -0.1) is 0 Å². The first-order chi connectivity index (χ1) is 12.1. The van der Waals surface area contributed by atoms with Gasteiger partial charge in [-0.2, -0.15) is 5.10 Å². The summed E-state index contributed by atoms with van der Waals surface area (Å²) in [4.78, 5) is 29.6. The van der Waals surface area contributed by atoms with Gasteiger partial charge in [-0.25, -0.2) is 4.98 Å². The zero-order valence-corrected chi connectivity index (χ0v) is 14.3. The van der Waals surface area contributed by atoms with Crippen molar-refractivity contribution in [1.29, 1.82) is 0 Å². The monoisotopic (exact) mass is 367 g/mol. The molecular formula is C18H10ClN3O2S. The Morgan fingerprint density at radius 3 is 2.40 bits per heavy atom. The van der Waals surface area contributed by atoms with Crippen molar-refractivity contribution in [3.05, 3.63) is 80.8 Å². The second kappa shape index (κ2) is 6.23. The van der Waals surface area contributed by atoms with E-state index in [0.717, 1.165) is 16.9 Å². The topological polar surface area (TPSA) is 71.4 Å². The fraction of sp³-hybridized carbons (Fsp3) is 0. The number of thiazole rings is 1. The lowest BCUT2D eigenvalue weighted by Crippen LogP contribution is -2.19. The van der Waals surface area contributed by atoms with Crippen LogP contribution in [-0.2, 0) is 0 Å². The number of rotatable bonds is 3. The molecule has 1 aliphatic rings. The zero-order chi connectivity index (χ0) is 17.4. The molecule has 0 fully saturated rings. The molecule has 1 aliphatic carbocycles. The van der Waals surface area contributed by atoms with Gasteiger partial charge in [0.15, 0.2) is 0 Å². The van der Waals surface area contributed by atoms with E-state index in [4.69, 9.17) is 11.6 Å². The molecule has 25 heavy (non-hydrogen) atoms. The van der Waals surface area contributed by atoms with Crippen molar-refractivity contribution in [2.24, 2.45) is 5.10 Å². The third-order valence-electron chi connectivity index (χ3n) is 3.71. The van der Waals surface area contributed by atoms with Gasteiger partial charge >= 0.3 is 0 Å². The van der Waals surface area contributed by atoms with E-state index >= 15 is 0 Å². The molecule has 0 bridgehead atoms. The van der Waals surface area contributed by atoms with Gasteiger partial charge < -0.3 is 0 Å². The molecule has 0 aliphatic heterocycles. The molecule has 0 atom stereocenters. The Hall–Kier alpha value is -2.83. The maximum absolute atomic E-state index is 12.5. The number of carbonyl (C=O) groups excluding carboxylic acids is 2. The summed E-state index contributed by atoms with van der Waals surface area (Å²) in [5.41, 5.74) is 4.62. The zero-order valence-electron chi connectivity index (χ0n) is 12.7. The number of aromatic nitrogens is 1. The first-order valence-electron chi connectivity index (χ1n) is 7.37. The molecule has 0 amide bonds. The van der Waals surface area contributed by atoms with Gasteiger partial charge in [-0.3, -0.25) is 15.0 Å². The molecule has 5 nitrogen and oxygen atoms in total. The summed E-state index contributed by atoms with van der Waals surface area (Å²) in [6, 6.07) is 13.9. The van der Waals surface area contributed by atoms with Crippen LogP contribution in [0.5, 0.6) is 0 Å². The Kier molecular flexibility index (Phi) is 3.91. The lowest BCUT2D eigenvalue weighted by molar-refractivity contribution is 0.0979. The van der Waals surface area contributed by atoms with Crippen LogP contribution in [-0.4, -0.2) is 22.8 Å². The number of carbonyl (C=O) groups is 2. The smallest absolute Gasteiger partial charge is 0.213 e. The highest BCUT2D eigenvalue weighted by atomic mass is 35.5. The predicted octanol–water partition coefficient (Wildman–Crippen LogP) is 4.02. The SMILES string of the molecule is O=C1c2ccccc2C(=O)c2sc(N/N=C/c3ccc(Cl)cc3)nc21. The third-order valence-corrected chi connectivity index (χ3v) is 4.92. The number of ketones is 2. The summed E-state index contributed by atoms with van der Waals surface area (Å²) in [5, 5.41) is 5.13. The Morgan fingerprint density at radius 2 is 1.68 bits per heavy atom. The predicted molar refractivity (Wildman–Crippen MR) is 98.1 cm³/mol. The molecule has 7 heteroatoms. The van der Waals surface area contributed by atoms with E-state index < -0.39 is 0 Å². The van der Waals surface area contributed by atoms with Gasteiger partial charge in [-0.1, -0.05) is 59.3 Å². The molecular weight excluding hydrogens is 358 g/mol. The van der Waals surface area contributed by atoms with Crippen LogP contribution in [0.15, 0.2) is 53.6 Å². The summed E-state index contributed by atoms with van der Waals surface area (Å²) in [5.74, 6) is -0.423. The minimum atomic E-state index is -0.240. The summed E-state index contributed by atoms with van der Waals surface area (Å²) in [6.07, 6.45) is 1.61. The Morgan fingerprint density at radius 1 is 1.00 bits per heavy atom. The second-order valence-electron chi connectivity index (χ2n) is 5.32. The summed E-state index contributed by atoms with van der Waals surface area (Å²) < 4.78 is 0. The molecule has 0 radical (unpaired) electrons. The largest absolute Gasteiger partial charge is 0.288 e. The van der Waals surface area contributed by atoms with Crippen molar-refractivity contribution in [1.82, 2.24) is 4.98 Å². The van der Waals surface area contributed by atoms with E-state index in [1.54, 1.807) is 42.6 Å². The van der Waals surface area contributed by atoms with Crippen molar-refractivity contribution in [3.63, 3.8) is 0 Å². The van der Waals surface area contributed by atoms with Crippen molar-refractivity contribution >= 4 is 45.9 Å².